The third kappa shape index (κ3) is 4.48. The molecule has 160 valence electrons. The van der Waals surface area contributed by atoms with E-state index in [0.29, 0.717) is 5.76 Å². The molecule has 0 bridgehead atoms. The minimum absolute atomic E-state index is 0.0563. The van der Waals surface area contributed by atoms with Crippen molar-refractivity contribution in [2.75, 3.05) is 34.9 Å². The smallest absolute Gasteiger partial charge is 0.337 e. The van der Waals surface area contributed by atoms with Crippen LogP contribution in [-0.4, -0.2) is 54.1 Å². The molecule has 8 nitrogen and oxygen atoms in total. The summed E-state index contributed by atoms with van der Waals surface area (Å²) >= 11 is 0. The predicted molar refractivity (Wildman–Crippen MR) is 112 cm³/mol. The van der Waals surface area contributed by atoms with E-state index in [1.807, 2.05) is 49.3 Å². The molecule has 2 aromatic carbocycles. The van der Waals surface area contributed by atoms with Gasteiger partial charge in [-0.15, -0.1) is 0 Å². The summed E-state index contributed by atoms with van der Waals surface area (Å²) < 4.78 is 44.4. The van der Waals surface area contributed by atoms with Crippen molar-refractivity contribution in [2.24, 2.45) is 0 Å². The Labute approximate surface area is 175 Å². The lowest BCUT2D eigenvalue weighted by atomic mass is 10.2. The number of carbonyl (C=O) groups is 1. The third-order valence-corrected chi connectivity index (χ3v) is 6.18. The SMILES string of the molecule is COC(=O)c1ccc(OC)c(S(=O)(=O)NCC(c2cc3ccccc3o2)N(C)C)c1. The number of para-hydroxylation sites is 1. The zero-order valence-electron chi connectivity index (χ0n) is 17.2. The molecule has 0 spiro atoms. The molecule has 30 heavy (non-hydrogen) atoms. The van der Waals surface area contributed by atoms with E-state index in [4.69, 9.17) is 9.15 Å². The maximum absolute atomic E-state index is 13.0. The van der Waals surface area contributed by atoms with Gasteiger partial charge in [-0.2, -0.15) is 0 Å². The number of methoxy groups -OCH3 is 2. The summed E-state index contributed by atoms with van der Waals surface area (Å²) in [7, 11) is 2.29. The standard InChI is InChI=1S/C21H24N2O6S/c1-23(2)16(19-11-14-7-5-6-8-17(14)29-19)13-22-30(25,26)20-12-15(21(24)28-4)9-10-18(20)27-3/h5-12,16,22H,13H2,1-4H3. The second-order valence-corrected chi connectivity index (χ2v) is 8.61. The van der Waals surface area contributed by atoms with Gasteiger partial charge < -0.3 is 13.9 Å². The van der Waals surface area contributed by atoms with Crippen LogP contribution < -0.4 is 9.46 Å². The number of hydrogen-bond donors (Lipinski definition) is 1. The molecule has 0 aliphatic heterocycles. The van der Waals surface area contributed by atoms with Gasteiger partial charge in [0.15, 0.2) is 0 Å². The van der Waals surface area contributed by atoms with E-state index in [2.05, 4.69) is 9.46 Å². The number of likely N-dealkylation sites (N-methyl/N-ethyl adjacent to an activating group) is 1. The predicted octanol–water partition coefficient (Wildman–Crippen LogP) is 2.81. The summed E-state index contributed by atoms with van der Waals surface area (Å²) in [4.78, 5) is 13.5. The van der Waals surface area contributed by atoms with E-state index >= 15 is 0 Å². The molecule has 0 saturated carbocycles. The van der Waals surface area contributed by atoms with Crippen LogP contribution in [0.1, 0.15) is 22.2 Å². The molecule has 0 fully saturated rings. The highest BCUT2D eigenvalue weighted by atomic mass is 32.2. The first kappa shape index (κ1) is 21.8. The quantitative estimate of drug-likeness (QED) is 0.547. The van der Waals surface area contributed by atoms with Crippen LogP contribution in [0.4, 0.5) is 0 Å². The van der Waals surface area contributed by atoms with Crippen LogP contribution >= 0.6 is 0 Å². The van der Waals surface area contributed by atoms with Crippen molar-refractivity contribution in [3.63, 3.8) is 0 Å². The summed E-state index contributed by atoms with van der Waals surface area (Å²) in [6.45, 7) is 0.0563. The first-order valence-electron chi connectivity index (χ1n) is 9.17. The van der Waals surface area contributed by atoms with E-state index in [1.165, 1.54) is 32.4 Å². The number of furan rings is 1. The fourth-order valence-electron chi connectivity index (χ4n) is 3.10. The Morgan fingerprint density at radius 2 is 1.87 bits per heavy atom. The molecule has 1 atom stereocenters. The van der Waals surface area contributed by atoms with Crippen LogP contribution in [0.3, 0.4) is 0 Å². The van der Waals surface area contributed by atoms with Crippen molar-refractivity contribution in [3.8, 4) is 5.75 Å². The second kappa shape index (κ2) is 8.86. The normalized spacial score (nSPS) is 12.8. The van der Waals surface area contributed by atoms with Crippen LogP contribution in [0, 0.1) is 0 Å². The second-order valence-electron chi connectivity index (χ2n) is 6.88. The molecule has 1 N–H and O–H groups in total. The van der Waals surface area contributed by atoms with E-state index in [-0.39, 0.29) is 28.8 Å². The maximum Gasteiger partial charge on any atom is 0.337 e. The van der Waals surface area contributed by atoms with Crippen LogP contribution in [0.5, 0.6) is 5.75 Å². The first-order chi connectivity index (χ1) is 14.3. The average molecular weight is 432 g/mol. The molecule has 3 aromatic rings. The summed E-state index contributed by atoms with van der Waals surface area (Å²) in [5, 5.41) is 0.939. The summed E-state index contributed by atoms with van der Waals surface area (Å²) in [5.41, 5.74) is 0.842. The number of esters is 1. The first-order valence-corrected chi connectivity index (χ1v) is 10.7. The van der Waals surface area contributed by atoms with Crippen LogP contribution in [0.25, 0.3) is 11.0 Å². The van der Waals surface area contributed by atoms with E-state index in [1.54, 1.807) is 0 Å². The zero-order chi connectivity index (χ0) is 21.9. The van der Waals surface area contributed by atoms with Gasteiger partial charge >= 0.3 is 5.97 Å². The molecule has 1 aromatic heterocycles. The number of nitrogens with one attached hydrogen (secondary N) is 1. The molecular formula is C21H24N2O6S. The Kier molecular flexibility index (Phi) is 6.45. The Balaban J connectivity index is 1.89. The number of carbonyl (C=O) groups excluding carboxylic acids is 1. The minimum atomic E-state index is -3.99. The molecular weight excluding hydrogens is 408 g/mol. The van der Waals surface area contributed by atoms with E-state index in [9.17, 15) is 13.2 Å². The number of hydrogen-bond acceptors (Lipinski definition) is 7. The molecule has 0 aliphatic rings. The molecule has 0 radical (unpaired) electrons. The summed E-state index contributed by atoms with van der Waals surface area (Å²) in [6.07, 6.45) is 0. The molecule has 0 saturated heterocycles. The fourth-order valence-corrected chi connectivity index (χ4v) is 4.33. The zero-order valence-corrected chi connectivity index (χ0v) is 18.0. The lowest BCUT2D eigenvalue weighted by Gasteiger charge is -2.23. The van der Waals surface area contributed by atoms with E-state index in [0.717, 1.165) is 11.0 Å². The van der Waals surface area contributed by atoms with Gasteiger partial charge in [-0.3, -0.25) is 4.90 Å². The number of fused-ring (bicyclic) bond motifs is 1. The van der Waals surface area contributed by atoms with Crippen molar-refractivity contribution in [3.05, 3.63) is 59.9 Å². The summed E-state index contributed by atoms with van der Waals surface area (Å²) in [6, 6.07) is 13.2. The Bertz CT molecular complexity index is 1120. The topological polar surface area (TPSA) is 98.1 Å². The van der Waals surface area contributed by atoms with Crippen LogP contribution in [-0.2, 0) is 14.8 Å². The van der Waals surface area contributed by atoms with Crippen molar-refractivity contribution >= 4 is 27.0 Å². The Hall–Kier alpha value is -2.88. The fraction of sp³-hybridized carbons (Fsp3) is 0.286. The van der Waals surface area contributed by atoms with Gasteiger partial charge in [0, 0.05) is 11.9 Å². The minimum Gasteiger partial charge on any atom is -0.495 e. The highest BCUT2D eigenvalue weighted by Crippen LogP contribution is 2.28. The Morgan fingerprint density at radius 3 is 2.50 bits per heavy atom. The molecule has 0 amide bonds. The number of nitrogens with zero attached hydrogens (tertiary/aromatic N) is 1. The number of benzene rings is 2. The lowest BCUT2D eigenvalue weighted by molar-refractivity contribution is 0.0600. The van der Waals surface area contributed by atoms with Crippen LogP contribution in [0.15, 0.2) is 57.8 Å². The molecule has 3 rings (SSSR count). The number of ether oxygens (including phenoxy) is 2. The number of sulfonamides is 1. The van der Waals surface area contributed by atoms with Gasteiger partial charge in [0.2, 0.25) is 10.0 Å². The Morgan fingerprint density at radius 1 is 1.13 bits per heavy atom. The third-order valence-electron chi connectivity index (χ3n) is 4.74. The van der Waals surface area contributed by atoms with Crippen LogP contribution in [0.2, 0.25) is 0 Å². The number of rotatable bonds is 8. The van der Waals surface area contributed by atoms with Gasteiger partial charge in [-0.1, -0.05) is 18.2 Å². The van der Waals surface area contributed by atoms with Crippen molar-refractivity contribution in [1.29, 1.82) is 0 Å². The summed E-state index contributed by atoms with van der Waals surface area (Å²) in [5.74, 6) is 0.127. The largest absolute Gasteiger partial charge is 0.495 e. The van der Waals surface area contributed by atoms with Gasteiger partial charge in [0.25, 0.3) is 0 Å². The molecule has 9 heteroatoms. The van der Waals surface area contributed by atoms with Gasteiger partial charge in [-0.05, 0) is 44.4 Å². The van der Waals surface area contributed by atoms with Crippen molar-refractivity contribution < 1.29 is 27.1 Å². The van der Waals surface area contributed by atoms with Gasteiger partial charge in [0.1, 0.15) is 22.0 Å². The van der Waals surface area contributed by atoms with Gasteiger partial charge in [0.05, 0.1) is 25.8 Å². The van der Waals surface area contributed by atoms with Crippen molar-refractivity contribution in [2.45, 2.75) is 10.9 Å². The molecule has 1 heterocycles. The van der Waals surface area contributed by atoms with E-state index < -0.39 is 16.0 Å². The van der Waals surface area contributed by atoms with Gasteiger partial charge in [-0.25, -0.2) is 17.9 Å². The highest BCUT2D eigenvalue weighted by molar-refractivity contribution is 7.89. The molecule has 1 unspecified atom stereocenters. The average Bonchev–Trinajstić information content (AvgIpc) is 3.16. The maximum atomic E-state index is 13.0. The van der Waals surface area contributed by atoms with Crippen molar-refractivity contribution in [1.82, 2.24) is 9.62 Å². The monoisotopic (exact) mass is 432 g/mol. The highest BCUT2D eigenvalue weighted by Gasteiger charge is 2.26. The lowest BCUT2D eigenvalue weighted by Crippen LogP contribution is -2.34. The molecule has 0 aliphatic carbocycles.